The summed E-state index contributed by atoms with van der Waals surface area (Å²) in [7, 11) is 4.49. The first-order chi connectivity index (χ1) is 18.3. The van der Waals surface area contributed by atoms with Crippen LogP contribution in [0.1, 0.15) is 5.56 Å². The molecule has 198 valence electrons. The van der Waals surface area contributed by atoms with Crippen molar-refractivity contribution in [1.82, 2.24) is 18.7 Å². The molecule has 2 aromatic carbocycles. The number of imidazole rings is 1. The molecule has 12 heteroatoms. The molecule has 0 saturated carbocycles. The lowest BCUT2D eigenvalue weighted by Gasteiger charge is -2.15. The van der Waals surface area contributed by atoms with Gasteiger partial charge >= 0.3 is 5.69 Å². The highest BCUT2D eigenvalue weighted by Gasteiger charge is 2.21. The standard InChI is InChI=1S/C26H27BrN6O5/c1-31-23-22(24(35)32(2)26(31)36)33(15-19(34)16-38-21-11-9-20(37-3)10-12-21)25(29-23)30-28-14-18(27)13-17-7-5-4-6-8-17/h4-14,19,34H,15-16H2,1-3H3,(H,29,30)/b18-13-,28-14+. The Bertz CT molecular complexity index is 1590. The van der Waals surface area contributed by atoms with Gasteiger partial charge in [-0.25, -0.2) is 10.2 Å². The van der Waals surface area contributed by atoms with Gasteiger partial charge in [-0.1, -0.05) is 30.3 Å². The van der Waals surface area contributed by atoms with E-state index in [1.807, 2.05) is 36.4 Å². The minimum absolute atomic E-state index is 0.0427. The van der Waals surface area contributed by atoms with Gasteiger partial charge in [0, 0.05) is 18.6 Å². The van der Waals surface area contributed by atoms with E-state index in [1.165, 1.54) is 29.4 Å². The van der Waals surface area contributed by atoms with Crippen LogP contribution < -0.4 is 26.1 Å². The number of benzene rings is 2. The Balaban J connectivity index is 1.60. The number of hydrogen-bond donors (Lipinski definition) is 2. The van der Waals surface area contributed by atoms with Crippen molar-refractivity contribution >= 4 is 45.3 Å². The van der Waals surface area contributed by atoms with Crippen molar-refractivity contribution in [2.75, 3.05) is 19.1 Å². The van der Waals surface area contributed by atoms with Crippen LogP contribution in [0.5, 0.6) is 11.5 Å². The molecule has 1 unspecified atom stereocenters. The maximum atomic E-state index is 13.0. The number of halogens is 1. The average Bonchev–Trinajstić information content (AvgIpc) is 3.28. The molecule has 0 aliphatic carbocycles. The molecule has 0 aliphatic heterocycles. The molecular weight excluding hydrogens is 556 g/mol. The molecule has 4 aromatic rings. The number of nitrogens with one attached hydrogen (secondary N) is 1. The van der Waals surface area contributed by atoms with E-state index in [4.69, 9.17) is 9.47 Å². The number of allylic oxidation sites excluding steroid dienone is 1. The number of nitrogens with zero attached hydrogens (tertiary/aromatic N) is 5. The van der Waals surface area contributed by atoms with E-state index in [2.05, 4.69) is 31.4 Å². The molecule has 0 aliphatic rings. The van der Waals surface area contributed by atoms with Crippen molar-refractivity contribution in [3.05, 3.63) is 85.5 Å². The number of hydrogen-bond acceptors (Lipinski definition) is 8. The van der Waals surface area contributed by atoms with E-state index >= 15 is 0 Å². The lowest BCUT2D eigenvalue weighted by atomic mass is 10.2. The second-order valence-corrected chi connectivity index (χ2v) is 9.29. The normalized spacial score (nSPS) is 12.7. The van der Waals surface area contributed by atoms with Crippen LogP contribution in [-0.4, -0.2) is 49.8 Å². The van der Waals surface area contributed by atoms with Gasteiger partial charge < -0.3 is 19.1 Å². The van der Waals surface area contributed by atoms with Crippen LogP contribution in [0.25, 0.3) is 17.2 Å². The summed E-state index contributed by atoms with van der Waals surface area (Å²) in [4.78, 5) is 29.9. The molecule has 0 saturated heterocycles. The number of aliphatic hydroxyl groups is 1. The van der Waals surface area contributed by atoms with Crippen molar-refractivity contribution in [3.8, 4) is 11.5 Å². The molecule has 1 atom stereocenters. The largest absolute Gasteiger partial charge is 0.497 e. The summed E-state index contributed by atoms with van der Waals surface area (Å²) in [5, 5.41) is 15.0. The van der Waals surface area contributed by atoms with E-state index in [0.29, 0.717) is 16.0 Å². The van der Waals surface area contributed by atoms with Gasteiger partial charge in [0.05, 0.1) is 19.9 Å². The maximum Gasteiger partial charge on any atom is 0.332 e. The van der Waals surface area contributed by atoms with Crippen LogP contribution in [0.2, 0.25) is 0 Å². The fourth-order valence-corrected chi connectivity index (χ4v) is 4.10. The number of anilines is 1. The van der Waals surface area contributed by atoms with Crippen LogP contribution in [0.4, 0.5) is 5.95 Å². The number of rotatable bonds is 10. The predicted octanol–water partition coefficient (Wildman–Crippen LogP) is 2.72. The van der Waals surface area contributed by atoms with Gasteiger partial charge in [0.25, 0.3) is 5.56 Å². The smallest absolute Gasteiger partial charge is 0.332 e. The summed E-state index contributed by atoms with van der Waals surface area (Å²) in [6, 6.07) is 16.6. The Morgan fingerprint density at radius 2 is 1.79 bits per heavy atom. The molecule has 0 radical (unpaired) electrons. The summed E-state index contributed by atoms with van der Waals surface area (Å²) >= 11 is 3.46. The molecular formula is C26H27BrN6O5. The highest BCUT2D eigenvalue weighted by molar-refractivity contribution is 9.12. The minimum Gasteiger partial charge on any atom is -0.497 e. The zero-order valence-corrected chi connectivity index (χ0v) is 22.6. The number of aryl methyl sites for hydroxylation is 1. The Hall–Kier alpha value is -4.16. The fraction of sp³-hybridized carbons (Fsp3) is 0.231. The number of methoxy groups -OCH3 is 1. The Kier molecular flexibility index (Phi) is 8.44. The molecule has 4 rings (SSSR count). The van der Waals surface area contributed by atoms with Crippen molar-refractivity contribution in [3.63, 3.8) is 0 Å². The maximum absolute atomic E-state index is 13.0. The summed E-state index contributed by atoms with van der Waals surface area (Å²) in [6.45, 7) is -0.0921. The zero-order valence-electron chi connectivity index (χ0n) is 21.0. The van der Waals surface area contributed by atoms with Crippen LogP contribution in [0, 0.1) is 0 Å². The molecule has 38 heavy (non-hydrogen) atoms. The average molecular weight is 583 g/mol. The monoisotopic (exact) mass is 582 g/mol. The van der Waals surface area contributed by atoms with E-state index in [0.717, 1.165) is 10.1 Å². The fourth-order valence-electron chi connectivity index (χ4n) is 3.73. The van der Waals surface area contributed by atoms with E-state index < -0.39 is 17.4 Å². The third-order valence-electron chi connectivity index (χ3n) is 5.70. The molecule has 0 bridgehead atoms. The molecule has 2 aromatic heterocycles. The molecule has 0 fully saturated rings. The van der Waals surface area contributed by atoms with Crippen LogP contribution in [-0.2, 0) is 20.6 Å². The zero-order chi connectivity index (χ0) is 27.2. The Morgan fingerprint density at radius 1 is 1.11 bits per heavy atom. The van der Waals surface area contributed by atoms with Crippen molar-refractivity contribution < 1.29 is 14.6 Å². The summed E-state index contributed by atoms with van der Waals surface area (Å²) in [6.07, 6.45) is 2.41. The molecule has 0 amide bonds. The van der Waals surface area contributed by atoms with E-state index in [9.17, 15) is 14.7 Å². The quantitative estimate of drug-likeness (QED) is 0.217. The van der Waals surface area contributed by atoms with Gasteiger partial charge in [0.1, 0.15) is 24.2 Å². The molecule has 2 N–H and O–H groups in total. The van der Waals surface area contributed by atoms with Gasteiger partial charge in [-0.2, -0.15) is 10.1 Å². The first-order valence-corrected chi connectivity index (χ1v) is 12.4. The van der Waals surface area contributed by atoms with Crippen LogP contribution in [0.15, 0.2) is 73.8 Å². The number of aliphatic hydroxyl groups excluding tert-OH is 1. The number of ether oxygens (including phenoxy) is 2. The van der Waals surface area contributed by atoms with Crippen molar-refractivity contribution in [2.24, 2.45) is 19.2 Å². The number of hydrazone groups is 1. The second-order valence-electron chi connectivity index (χ2n) is 8.37. The first kappa shape index (κ1) is 26.9. The van der Waals surface area contributed by atoms with E-state index in [1.54, 1.807) is 31.4 Å². The highest BCUT2D eigenvalue weighted by atomic mass is 79.9. The lowest BCUT2D eigenvalue weighted by molar-refractivity contribution is 0.0938. The van der Waals surface area contributed by atoms with Gasteiger partial charge in [0.15, 0.2) is 11.2 Å². The third kappa shape index (κ3) is 6.03. The number of aromatic nitrogens is 4. The SMILES string of the molecule is COc1ccc(OCC(O)Cn2c(N/N=C/C(Br)=C/c3ccccc3)nc3c2c(=O)n(C)c(=O)n3C)cc1. The number of fused-ring (bicyclic) bond motifs is 1. The summed E-state index contributed by atoms with van der Waals surface area (Å²) in [5.41, 5.74) is 3.07. The first-order valence-electron chi connectivity index (χ1n) is 11.6. The van der Waals surface area contributed by atoms with Gasteiger partial charge in [-0.05, 0) is 51.8 Å². The third-order valence-corrected chi connectivity index (χ3v) is 6.13. The molecule has 11 nitrogen and oxygen atoms in total. The highest BCUT2D eigenvalue weighted by Crippen LogP contribution is 2.19. The van der Waals surface area contributed by atoms with Gasteiger partial charge in [0.2, 0.25) is 5.95 Å². The Labute approximate surface area is 226 Å². The summed E-state index contributed by atoms with van der Waals surface area (Å²) < 4.78 is 15.3. The van der Waals surface area contributed by atoms with Crippen molar-refractivity contribution in [1.29, 1.82) is 0 Å². The molecule has 0 spiro atoms. The second kappa shape index (κ2) is 11.9. The van der Waals surface area contributed by atoms with Crippen LogP contribution in [0.3, 0.4) is 0 Å². The topological polar surface area (TPSA) is 125 Å². The minimum atomic E-state index is -1.01. The summed E-state index contributed by atoms with van der Waals surface area (Å²) in [5.74, 6) is 1.42. The predicted molar refractivity (Wildman–Crippen MR) is 150 cm³/mol. The molecule has 2 heterocycles. The van der Waals surface area contributed by atoms with Gasteiger partial charge in [-0.15, -0.1) is 0 Å². The van der Waals surface area contributed by atoms with E-state index in [-0.39, 0.29) is 30.3 Å². The lowest BCUT2D eigenvalue weighted by Crippen LogP contribution is -2.38. The van der Waals surface area contributed by atoms with Gasteiger partial charge in [-0.3, -0.25) is 13.9 Å². The van der Waals surface area contributed by atoms with Crippen molar-refractivity contribution in [2.45, 2.75) is 12.6 Å². The van der Waals surface area contributed by atoms with Crippen LogP contribution >= 0.6 is 15.9 Å². The Morgan fingerprint density at radius 3 is 2.47 bits per heavy atom.